The first-order valence-electron chi connectivity index (χ1n) is 2.25. The molecule has 7 heavy (non-hydrogen) atoms. The van der Waals surface area contributed by atoms with Gasteiger partial charge in [-0.05, 0) is 18.8 Å². The predicted octanol–water partition coefficient (Wildman–Crippen LogP) is 0.709. The fourth-order valence-corrected chi connectivity index (χ4v) is 0.421. The van der Waals surface area contributed by atoms with E-state index in [1.165, 1.54) is 12.8 Å². The molecule has 0 aromatic carbocycles. The zero-order valence-corrected chi connectivity index (χ0v) is 4.91. The van der Waals surface area contributed by atoms with Gasteiger partial charge >= 0.3 is 0 Å². The summed E-state index contributed by atoms with van der Waals surface area (Å²) < 4.78 is 0. The first-order valence-corrected chi connectivity index (χ1v) is 2.25. The average Bonchev–Trinajstić information content (AvgIpc) is 2.21. The van der Waals surface area contributed by atoms with Crippen LogP contribution in [0, 0.1) is 5.92 Å². The van der Waals surface area contributed by atoms with Crippen molar-refractivity contribution in [3.05, 3.63) is 0 Å². The molecule has 2 N–H and O–H groups in total. The summed E-state index contributed by atoms with van der Waals surface area (Å²) in [6.07, 6.45) is 2.63. The maximum Gasteiger partial charge on any atom is 0.0707 e. The highest BCUT2D eigenvalue weighted by molar-refractivity contribution is 5.85. The number of halogens is 1. The first kappa shape index (κ1) is 7.21. The van der Waals surface area contributed by atoms with Crippen LogP contribution in [-0.2, 0) is 4.84 Å². The number of hydrogen-bond donors (Lipinski definition) is 1. The highest BCUT2D eigenvalue weighted by atomic mass is 35.5. The summed E-state index contributed by atoms with van der Waals surface area (Å²) in [6, 6.07) is 0. The molecular formula is C4H10ClNO. The lowest BCUT2D eigenvalue weighted by atomic mass is 10.5. The second-order valence-electron chi connectivity index (χ2n) is 1.78. The molecule has 1 rings (SSSR count). The van der Waals surface area contributed by atoms with Crippen molar-refractivity contribution in [3.63, 3.8) is 0 Å². The maximum atomic E-state index is 4.77. The van der Waals surface area contributed by atoms with Gasteiger partial charge in [-0.3, -0.25) is 0 Å². The van der Waals surface area contributed by atoms with Gasteiger partial charge in [0.1, 0.15) is 0 Å². The molecule has 2 nitrogen and oxygen atoms in total. The van der Waals surface area contributed by atoms with Crippen molar-refractivity contribution >= 4 is 12.4 Å². The molecule has 0 radical (unpaired) electrons. The minimum Gasteiger partial charge on any atom is -0.304 e. The van der Waals surface area contributed by atoms with Crippen LogP contribution in [0.4, 0.5) is 0 Å². The van der Waals surface area contributed by atoms with Gasteiger partial charge < -0.3 is 4.84 Å². The summed E-state index contributed by atoms with van der Waals surface area (Å²) in [7, 11) is 0. The van der Waals surface area contributed by atoms with Crippen LogP contribution in [0.2, 0.25) is 0 Å². The Bertz CT molecular complexity index is 47.0. The van der Waals surface area contributed by atoms with E-state index in [4.69, 9.17) is 5.90 Å². The van der Waals surface area contributed by atoms with Gasteiger partial charge in [0.2, 0.25) is 0 Å². The van der Waals surface area contributed by atoms with Crippen LogP contribution in [0.15, 0.2) is 0 Å². The molecule has 44 valence electrons. The molecule has 1 aliphatic rings. The third-order valence-electron chi connectivity index (χ3n) is 1.03. The summed E-state index contributed by atoms with van der Waals surface area (Å²) >= 11 is 0. The van der Waals surface area contributed by atoms with Gasteiger partial charge in [0.05, 0.1) is 6.61 Å². The van der Waals surface area contributed by atoms with Crippen molar-refractivity contribution in [2.75, 3.05) is 6.61 Å². The molecule has 0 aromatic heterocycles. The van der Waals surface area contributed by atoms with Gasteiger partial charge in [-0.25, -0.2) is 5.90 Å². The van der Waals surface area contributed by atoms with Crippen LogP contribution >= 0.6 is 12.4 Å². The summed E-state index contributed by atoms with van der Waals surface area (Å²) in [4.78, 5) is 4.37. The monoisotopic (exact) mass is 123 g/mol. The second-order valence-corrected chi connectivity index (χ2v) is 1.78. The van der Waals surface area contributed by atoms with Crippen molar-refractivity contribution in [1.82, 2.24) is 0 Å². The normalized spacial score (nSPS) is 18.4. The van der Waals surface area contributed by atoms with E-state index in [9.17, 15) is 0 Å². The van der Waals surface area contributed by atoms with E-state index in [2.05, 4.69) is 4.84 Å². The first-order chi connectivity index (χ1) is 2.93. The van der Waals surface area contributed by atoms with E-state index in [-0.39, 0.29) is 12.4 Å². The maximum absolute atomic E-state index is 4.77. The van der Waals surface area contributed by atoms with Crippen molar-refractivity contribution in [2.24, 2.45) is 11.8 Å². The minimum absolute atomic E-state index is 0. The van der Waals surface area contributed by atoms with Gasteiger partial charge in [0.15, 0.2) is 0 Å². The quantitative estimate of drug-likeness (QED) is 0.549. The molecule has 0 aliphatic heterocycles. The second kappa shape index (κ2) is 3.24. The van der Waals surface area contributed by atoms with Crippen LogP contribution in [-0.4, -0.2) is 6.61 Å². The third-order valence-corrected chi connectivity index (χ3v) is 1.03. The fourth-order valence-electron chi connectivity index (χ4n) is 0.421. The molecule has 0 spiro atoms. The van der Waals surface area contributed by atoms with E-state index in [1.807, 2.05) is 0 Å². The number of nitrogens with two attached hydrogens (primary N) is 1. The van der Waals surface area contributed by atoms with Crippen molar-refractivity contribution in [3.8, 4) is 0 Å². The molecule has 1 fully saturated rings. The Labute approximate surface area is 49.4 Å². The van der Waals surface area contributed by atoms with E-state index >= 15 is 0 Å². The Balaban J connectivity index is 0.000000360. The summed E-state index contributed by atoms with van der Waals surface area (Å²) in [5, 5.41) is 0. The minimum atomic E-state index is 0. The van der Waals surface area contributed by atoms with E-state index in [0.29, 0.717) is 0 Å². The summed E-state index contributed by atoms with van der Waals surface area (Å²) in [5.41, 5.74) is 0. The lowest BCUT2D eigenvalue weighted by Crippen LogP contribution is -2.01. The molecule has 0 saturated heterocycles. The molecule has 0 unspecified atom stereocenters. The molecule has 1 aliphatic carbocycles. The number of hydrogen-bond acceptors (Lipinski definition) is 2. The third kappa shape index (κ3) is 2.85. The van der Waals surface area contributed by atoms with Gasteiger partial charge in [0.25, 0.3) is 0 Å². The van der Waals surface area contributed by atoms with Gasteiger partial charge in [0, 0.05) is 0 Å². The lowest BCUT2D eigenvalue weighted by molar-refractivity contribution is 0.127. The van der Waals surface area contributed by atoms with Crippen LogP contribution in [0.5, 0.6) is 0 Å². The fraction of sp³-hybridized carbons (Fsp3) is 1.00. The SMILES string of the molecule is Cl.NOCC1CC1. The summed E-state index contributed by atoms with van der Waals surface area (Å²) in [6.45, 7) is 0.764. The molecule has 1 saturated carbocycles. The Morgan fingerprint density at radius 3 is 2.29 bits per heavy atom. The zero-order chi connectivity index (χ0) is 4.41. The van der Waals surface area contributed by atoms with Crippen molar-refractivity contribution < 1.29 is 4.84 Å². The standard InChI is InChI=1S/C4H9NO.ClH/c5-6-3-4-1-2-4;/h4H,1-3,5H2;1H. The van der Waals surface area contributed by atoms with E-state index in [0.717, 1.165) is 12.5 Å². The van der Waals surface area contributed by atoms with Crippen LogP contribution < -0.4 is 5.90 Å². The highest BCUT2D eigenvalue weighted by Crippen LogP contribution is 2.28. The van der Waals surface area contributed by atoms with Crippen molar-refractivity contribution in [1.29, 1.82) is 0 Å². The molecule has 3 heteroatoms. The Hall–Kier alpha value is 0.210. The topological polar surface area (TPSA) is 35.2 Å². The molecule has 0 atom stereocenters. The summed E-state index contributed by atoms with van der Waals surface area (Å²) in [5.74, 6) is 5.57. The van der Waals surface area contributed by atoms with Crippen LogP contribution in [0.3, 0.4) is 0 Å². The van der Waals surface area contributed by atoms with Crippen LogP contribution in [0.25, 0.3) is 0 Å². The van der Waals surface area contributed by atoms with E-state index in [1.54, 1.807) is 0 Å². The Morgan fingerprint density at radius 2 is 2.14 bits per heavy atom. The van der Waals surface area contributed by atoms with Crippen molar-refractivity contribution in [2.45, 2.75) is 12.8 Å². The molecule has 0 aromatic rings. The zero-order valence-electron chi connectivity index (χ0n) is 4.09. The Morgan fingerprint density at radius 1 is 1.57 bits per heavy atom. The lowest BCUT2D eigenvalue weighted by Gasteiger charge is -1.86. The van der Waals surface area contributed by atoms with E-state index < -0.39 is 0 Å². The molecule has 0 bridgehead atoms. The molecule has 0 heterocycles. The largest absolute Gasteiger partial charge is 0.304 e. The van der Waals surface area contributed by atoms with Gasteiger partial charge in [-0.15, -0.1) is 12.4 Å². The predicted molar refractivity (Wildman–Crippen MR) is 30.1 cm³/mol. The van der Waals surface area contributed by atoms with Gasteiger partial charge in [-0.1, -0.05) is 0 Å². The molecule has 0 amide bonds. The number of rotatable bonds is 2. The Kier molecular flexibility index (Phi) is 3.34. The average molecular weight is 124 g/mol. The van der Waals surface area contributed by atoms with Crippen LogP contribution in [0.1, 0.15) is 12.8 Å². The smallest absolute Gasteiger partial charge is 0.0707 e. The highest BCUT2D eigenvalue weighted by Gasteiger charge is 2.20. The van der Waals surface area contributed by atoms with Gasteiger partial charge in [-0.2, -0.15) is 0 Å². The molecular weight excluding hydrogens is 114 g/mol.